The van der Waals surface area contributed by atoms with Gasteiger partial charge in [-0.05, 0) is 29.9 Å². The van der Waals surface area contributed by atoms with Gasteiger partial charge in [0.15, 0.2) is 0 Å². The first-order chi connectivity index (χ1) is 17.9. The van der Waals surface area contributed by atoms with Gasteiger partial charge in [0, 0.05) is 13.1 Å². The van der Waals surface area contributed by atoms with Crippen LogP contribution in [0, 0.1) is 17.8 Å². The molecule has 2 unspecified atom stereocenters. The zero-order valence-corrected chi connectivity index (χ0v) is 21.3. The maximum atomic E-state index is 14.0. The van der Waals surface area contributed by atoms with Gasteiger partial charge in [-0.2, -0.15) is 0 Å². The highest BCUT2D eigenvalue weighted by Gasteiger charge is 2.75. The summed E-state index contributed by atoms with van der Waals surface area (Å²) in [4.78, 5) is 42.8. The molecule has 8 nitrogen and oxygen atoms in total. The van der Waals surface area contributed by atoms with Gasteiger partial charge in [-0.25, -0.2) is 0 Å². The minimum atomic E-state index is -1.08. The Morgan fingerprint density at radius 2 is 1.57 bits per heavy atom. The number of carbonyl (C=O) groups is 3. The van der Waals surface area contributed by atoms with E-state index in [1.165, 1.54) is 4.90 Å². The maximum absolute atomic E-state index is 14.0. The summed E-state index contributed by atoms with van der Waals surface area (Å²) >= 11 is 0. The third kappa shape index (κ3) is 4.42. The monoisotopic (exact) mass is 505 g/mol. The molecule has 3 heterocycles. The molecule has 0 aromatic heterocycles. The van der Waals surface area contributed by atoms with Gasteiger partial charge in [0.2, 0.25) is 17.7 Å². The molecule has 3 saturated heterocycles. The van der Waals surface area contributed by atoms with Crippen LogP contribution in [0.5, 0.6) is 0 Å². The number of rotatable bonds is 9. The molecule has 3 amide bonds. The summed E-state index contributed by atoms with van der Waals surface area (Å²) in [6.45, 7) is 4.23. The molecule has 3 aliphatic rings. The Hall–Kier alpha value is -3.23. The molecule has 1 spiro atoms. The van der Waals surface area contributed by atoms with Crippen LogP contribution < -0.4 is 10.6 Å². The molecule has 2 aromatic rings. The van der Waals surface area contributed by atoms with Gasteiger partial charge in [0.25, 0.3) is 0 Å². The molecular formula is C29H35N3O5. The van der Waals surface area contributed by atoms with E-state index >= 15 is 0 Å². The smallest absolute Gasteiger partial charge is 0.246 e. The highest BCUT2D eigenvalue weighted by molar-refractivity contribution is 5.99. The molecule has 3 N–H and O–H groups in total. The Bertz CT molecular complexity index is 1140. The van der Waals surface area contributed by atoms with Crippen LogP contribution in [0.1, 0.15) is 37.8 Å². The lowest BCUT2D eigenvalue weighted by atomic mass is 9.70. The molecular weight excluding hydrogens is 470 g/mol. The van der Waals surface area contributed by atoms with Gasteiger partial charge in [-0.1, -0.05) is 74.5 Å². The number of likely N-dealkylation sites (tertiary alicyclic amines) is 1. The number of hydrogen-bond acceptors (Lipinski definition) is 5. The fourth-order valence-electron chi connectivity index (χ4n) is 6.45. The Labute approximate surface area is 217 Å². The van der Waals surface area contributed by atoms with Crippen LogP contribution in [0.3, 0.4) is 0 Å². The van der Waals surface area contributed by atoms with Crippen molar-refractivity contribution in [3.05, 3.63) is 71.8 Å². The number of fused-ring (bicyclic) bond motifs is 1. The van der Waals surface area contributed by atoms with Gasteiger partial charge in [0.05, 0.1) is 30.6 Å². The standard InChI is InChI=1S/C29H35N3O5/c1-18(2)21(17-33)32-25(27(35)31-16-20-11-7-4-8-12-20)29-14-13-22(37-29)23(24(29)28(32)36)26(34)30-15-19-9-5-3-6-10-19/h3-12,18,21-25,33H,13-17H2,1-2H3,(H,30,34)(H,31,35)/t21-,22-,23+,24-,25?,29?/m0/s1. The summed E-state index contributed by atoms with van der Waals surface area (Å²) in [5, 5.41) is 16.2. The van der Waals surface area contributed by atoms with Crippen molar-refractivity contribution >= 4 is 17.7 Å². The van der Waals surface area contributed by atoms with Crippen molar-refractivity contribution in [3.8, 4) is 0 Å². The Kier molecular flexibility index (Phi) is 7.05. The summed E-state index contributed by atoms with van der Waals surface area (Å²) < 4.78 is 6.46. The maximum Gasteiger partial charge on any atom is 0.246 e. The van der Waals surface area contributed by atoms with Crippen molar-refractivity contribution in [1.29, 1.82) is 0 Å². The lowest BCUT2D eigenvalue weighted by Crippen LogP contribution is -2.58. The van der Waals surface area contributed by atoms with Crippen LogP contribution in [-0.4, -0.2) is 58.1 Å². The zero-order valence-electron chi connectivity index (χ0n) is 21.3. The number of carbonyl (C=O) groups excluding carboxylic acids is 3. The molecule has 0 saturated carbocycles. The quantitative estimate of drug-likeness (QED) is 0.483. The second kappa shape index (κ2) is 10.3. The van der Waals surface area contributed by atoms with Crippen LogP contribution in [0.25, 0.3) is 0 Å². The minimum absolute atomic E-state index is 0.0869. The molecule has 2 aromatic carbocycles. The minimum Gasteiger partial charge on any atom is -0.394 e. The normalized spacial score (nSPS) is 28.9. The zero-order chi connectivity index (χ0) is 26.2. The van der Waals surface area contributed by atoms with E-state index in [-0.39, 0.29) is 30.2 Å². The first kappa shape index (κ1) is 25.4. The molecule has 37 heavy (non-hydrogen) atoms. The van der Waals surface area contributed by atoms with Crippen LogP contribution in [0.15, 0.2) is 60.7 Å². The molecule has 0 aliphatic carbocycles. The lowest BCUT2D eigenvalue weighted by Gasteiger charge is -2.38. The molecule has 5 rings (SSSR count). The third-order valence-electron chi connectivity index (χ3n) is 8.22. The van der Waals surface area contributed by atoms with E-state index in [2.05, 4.69) is 10.6 Å². The van der Waals surface area contributed by atoms with Crippen molar-refractivity contribution in [2.24, 2.45) is 17.8 Å². The number of nitrogens with zero attached hydrogens (tertiary/aromatic N) is 1. The lowest BCUT2D eigenvalue weighted by molar-refractivity contribution is -0.146. The van der Waals surface area contributed by atoms with E-state index < -0.39 is 35.6 Å². The van der Waals surface area contributed by atoms with Crippen LogP contribution >= 0.6 is 0 Å². The molecule has 0 radical (unpaired) electrons. The average Bonchev–Trinajstić information content (AvgIpc) is 3.55. The molecule has 3 aliphatic heterocycles. The number of amides is 3. The summed E-state index contributed by atoms with van der Waals surface area (Å²) in [6.07, 6.45) is 0.713. The number of benzene rings is 2. The average molecular weight is 506 g/mol. The topological polar surface area (TPSA) is 108 Å². The van der Waals surface area contributed by atoms with E-state index in [4.69, 9.17) is 4.74 Å². The second-order valence-electron chi connectivity index (χ2n) is 10.7. The van der Waals surface area contributed by atoms with E-state index in [1.54, 1.807) is 0 Å². The van der Waals surface area contributed by atoms with Crippen LogP contribution in [-0.2, 0) is 32.2 Å². The van der Waals surface area contributed by atoms with Gasteiger partial charge < -0.3 is 25.4 Å². The SMILES string of the molecule is CC(C)[C@H](CO)N1C(=O)[C@@H]2[C@H](C(=O)NCc3ccccc3)[C@@H]3CCC2(O3)C1C(=O)NCc1ccccc1. The van der Waals surface area contributed by atoms with Crippen LogP contribution in [0.2, 0.25) is 0 Å². The number of nitrogens with one attached hydrogen (secondary N) is 2. The summed E-state index contributed by atoms with van der Waals surface area (Å²) in [5.41, 5.74) is 0.824. The fraction of sp³-hybridized carbons (Fsp3) is 0.483. The Morgan fingerprint density at radius 1 is 1.00 bits per heavy atom. The third-order valence-corrected chi connectivity index (χ3v) is 8.22. The molecule has 8 heteroatoms. The van der Waals surface area contributed by atoms with E-state index in [1.807, 2.05) is 74.5 Å². The number of aliphatic hydroxyl groups excluding tert-OH is 1. The summed E-state index contributed by atoms with van der Waals surface area (Å²) in [5.74, 6) is -2.35. The van der Waals surface area contributed by atoms with Gasteiger partial charge >= 0.3 is 0 Å². The first-order valence-electron chi connectivity index (χ1n) is 13.1. The van der Waals surface area contributed by atoms with Crippen molar-refractivity contribution in [3.63, 3.8) is 0 Å². The van der Waals surface area contributed by atoms with E-state index in [0.29, 0.717) is 25.9 Å². The van der Waals surface area contributed by atoms with Crippen molar-refractivity contribution in [2.45, 2.75) is 63.6 Å². The highest BCUT2D eigenvalue weighted by atomic mass is 16.5. The van der Waals surface area contributed by atoms with Crippen molar-refractivity contribution in [2.75, 3.05) is 6.61 Å². The number of hydrogen-bond donors (Lipinski definition) is 3. The Morgan fingerprint density at radius 3 is 2.11 bits per heavy atom. The molecule has 3 fully saturated rings. The highest BCUT2D eigenvalue weighted by Crippen LogP contribution is 2.59. The Balaban J connectivity index is 1.43. The molecule has 6 atom stereocenters. The van der Waals surface area contributed by atoms with E-state index in [9.17, 15) is 19.5 Å². The first-order valence-corrected chi connectivity index (χ1v) is 13.1. The predicted octanol–water partition coefficient (Wildman–Crippen LogP) is 2.01. The largest absolute Gasteiger partial charge is 0.394 e. The molecule has 196 valence electrons. The number of ether oxygens (including phenoxy) is 1. The van der Waals surface area contributed by atoms with E-state index in [0.717, 1.165) is 11.1 Å². The van der Waals surface area contributed by atoms with Gasteiger partial charge in [-0.15, -0.1) is 0 Å². The van der Waals surface area contributed by atoms with Crippen LogP contribution in [0.4, 0.5) is 0 Å². The summed E-state index contributed by atoms with van der Waals surface area (Å²) in [7, 11) is 0. The van der Waals surface area contributed by atoms with Crippen molar-refractivity contribution < 1.29 is 24.2 Å². The van der Waals surface area contributed by atoms with Gasteiger partial charge in [0.1, 0.15) is 11.6 Å². The fourth-order valence-corrected chi connectivity index (χ4v) is 6.45. The van der Waals surface area contributed by atoms with Crippen molar-refractivity contribution in [1.82, 2.24) is 15.5 Å². The predicted molar refractivity (Wildman–Crippen MR) is 137 cm³/mol. The number of aliphatic hydroxyl groups is 1. The molecule has 2 bridgehead atoms. The van der Waals surface area contributed by atoms with Gasteiger partial charge in [-0.3, -0.25) is 14.4 Å². The summed E-state index contributed by atoms with van der Waals surface area (Å²) in [6, 6.07) is 17.7. The second-order valence-corrected chi connectivity index (χ2v) is 10.7.